The van der Waals surface area contributed by atoms with Crippen molar-refractivity contribution in [1.29, 1.82) is 0 Å². The van der Waals surface area contributed by atoms with Crippen LogP contribution in [0.2, 0.25) is 0 Å². The number of fused-ring (bicyclic) bond motifs is 1. The Balaban J connectivity index is 2.54. The second-order valence-electron chi connectivity index (χ2n) is 4.14. The average Bonchev–Trinajstić information content (AvgIpc) is 2.13. The maximum Gasteiger partial charge on any atom is 0.175 e. The summed E-state index contributed by atoms with van der Waals surface area (Å²) < 4.78 is 18.3. The van der Waals surface area contributed by atoms with E-state index in [9.17, 15) is 9.18 Å². The maximum atomic E-state index is 12.9. The van der Waals surface area contributed by atoms with Gasteiger partial charge in [0.2, 0.25) is 0 Å². The van der Waals surface area contributed by atoms with Crippen molar-refractivity contribution in [3.05, 3.63) is 29.6 Å². The van der Waals surface area contributed by atoms with Crippen LogP contribution < -0.4 is 4.74 Å². The fourth-order valence-electron chi connectivity index (χ4n) is 1.49. The van der Waals surface area contributed by atoms with Gasteiger partial charge in [0.25, 0.3) is 0 Å². The van der Waals surface area contributed by atoms with Gasteiger partial charge in [-0.15, -0.1) is 0 Å². The summed E-state index contributed by atoms with van der Waals surface area (Å²) in [5.41, 5.74) is -0.206. The third-order valence-corrected chi connectivity index (χ3v) is 2.39. The van der Waals surface area contributed by atoms with E-state index < -0.39 is 11.2 Å². The van der Waals surface area contributed by atoms with Gasteiger partial charge in [0.1, 0.15) is 18.2 Å². The first-order valence-corrected chi connectivity index (χ1v) is 4.48. The van der Waals surface area contributed by atoms with Gasteiger partial charge in [0, 0.05) is 0 Å². The Bertz CT molecular complexity index is 396. The van der Waals surface area contributed by atoms with Crippen LogP contribution in [0, 0.1) is 11.2 Å². The number of Topliss-reactive ketones (excluding diaryl/α,β-unsaturated/α-hetero) is 1. The summed E-state index contributed by atoms with van der Waals surface area (Å²) in [4.78, 5) is 11.8. The standard InChI is InChI=1S/C11H11FO2/c1-11(2)6-14-9-4-3-7(12)5-8(9)10(11)13/h3-5H,6H2,1-2H3. The van der Waals surface area contributed by atoms with Crippen molar-refractivity contribution < 1.29 is 13.9 Å². The van der Waals surface area contributed by atoms with Gasteiger partial charge in [-0.05, 0) is 32.0 Å². The summed E-state index contributed by atoms with van der Waals surface area (Å²) >= 11 is 0. The van der Waals surface area contributed by atoms with Crippen LogP contribution in [0.1, 0.15) is 24.2 Å². The summed E-state index contributed by atoms with van der Waals surface area (Å²) in [7, 11) is 0. The molecule has 0 radical (unpaired) electrons. The molecule has 0 unspecified atom stereocenters. The van der Waals surface area contributed by atoms with Crippen molar-refractivity contribution in [2.24, 2.45) is 5.41 Å². The number of halogens is 1. The van der Waals surface area contributed by atoms with E-state index in [1.807, 2.05) is 0 Å². The van der Waals surface area contributed by atoms with Crippen molar-refractivity contribution in [3.63, 3.8) is 0 Å². The van der Waals surface area contributed by atoms with Gasteiger partial charge >= 0.3 is 0 Å². The number of ether oxygens (including phenoxy) is 1. The zero-order chi connectivity index (χ0) is 10.3. The van der Waals surface area contributed by atoms with E-state index in [1.165, 1.54) is 18.2 Å². The molecule has 0 amide bonds. The molecule has 14 heavy (non-hydrogen) atoms. The SMILES string of the molecule is CC1(C)COc2ccc(F)cc2C1=O. The minimum absolute atomic E-state index is 0.0572. The van der Waals surface area contributed by atoms with Gasteiger partial charge in [-0.1, -0.05) is 0 Å². The van der Waals surface area contributed by atoms with Crippen LogP contribution in [0.25, 0.3) is 0 Å². The van der Waals surface area contributed by atoms with Crippen molar-refractivity contribution in [2.75, 3.05) is 6.61 Å². The lowest BCUT2D eigenvalue weighted by Crippen LogP contribution is -2.35. The van der Waals surface area contributed by atoms with Crippen LogP contribution in [0.5, 0.6) is 5.75 Å². The average molecular weight is 194 g/mol. The molecule has 1 aromatic rings. The smallest absolute Gasteiger partial charge is 0.175 e. The largest absolute Gasteiger partial charge is 0.492 e. The number of hydrogen-bond donors (Lipinski definition) is 0. The van der Waals surface area contributed by atoms with Crippen LogP contribution in [0.15, 0.2) is 18.2 Å². The molecule has 3 heteroatoms. The van der Waals surface area contributed by atoms with Crippen LogP contribution in [0.4, 0.5) is 4.39 Å². The Kier molecular flexibility index (Phi) is 1.84. The van der Waals surface area contributed by atoms with Gasteiger partial charge in [-0.25, -0.2) is 4.39 Å². The molecule has 1 aliphatic rings. The first kappa shape index (κ1) is 9.19. The number of carbonyl (C=O) groups is 1. The Morgan fingerprint density at radius 2 is 2.14 bits per heavy atom. The lowest BCUT2D eigenvalue weighted by atomic mass is 9.83. The summed E-state index contributed by atoms with van der Waals surface area (Å²) in [6, 6.07) is 4.03. The molecule has 0 bridgehead atoms. The van der Waals surface area contributed by atoms with Crippen LogP contribution >= 0.6 is 0 Å². The summed E-state index contributed by atoms with van der Waals surface area (Å²) in [5.74, 6) is 0.0207. The molecule has 1 aromatic carbocycles. The zero-order valence-electron chi connectivity index (χ0n) is 8.13. The third kappa shape index (κ3) is 1.29. The minimum atomic E-state index is -0.555. The molecule has 2 rings (SSSR count). The second kappa shape index (κ2) is 2.80. The van der Waals surface area contributed by atoms with Gasteiger partial charge < -0.3 is 4.74 Å². The number of ketones is 1. The highest BCUT2D eigenvalue weighted by molar-refractivity contribution is 6.03. The van der Waals surface area contributed by atoms with Crippen molar-refractivity contribution >= 4 is 5.78 Å². The predicted molar refractivity (Wildman–Crippen MR) is 50.0 cm³/mol. The van der Waals surface area contributed by atoms with Crippen molar-refractivity contribution in [2.45, 2.75) is 13.8 Å². The van der Waals surface area contributed by atoms with Crippen molar-refractivity contribution in [1.82, 2.24) is 0 Å². The Morgan fingerprint density at radius 3 is 2.86 bits per heavy atom. The summed E-state index contributed by atoms with van der Waals surface area (Å²) in [6.07, 6.45) is 0. The molecule has 1 aliphatic heterocycles. The predicted octanol–water partition coefficient (Wildman–Crippen LogP) is 2.43. The molecule has 1 heterocycles. The quantitative estimate of drug-likeness (QED) is 0.634. The van der Waals surface area contributed by atoms with E-state index in [0.29, 0.717) is 17.9 Å². The Hall–Kier alpha value is -1.38. The highest BCUT2D eigenvalue weighted by atomic mass is 19.1. The molecular formula is C11H11FO2. The van der Waals surface area contributed by atoms with E-state index in [0.717, 1.165) is 0 Å². The molecule has 0 saturated heterocycles. The molecule has 74 valence electrons. The molecule has 0 fully saturated rings. The van der Waals surface area contributed by atoms with Gasteiger partial charge in [-0.3, -0.25) is 4.79 Å². The van der Waals surface area contributed by atoms with Crippen LogP contribution in [0.3, 0.4) is 0 Å². The van der Waals surface area contributed by atoms with Crippen LogP contribution in [-0.2, 0) is 0 Å². The Morgan fingerprint density at radius 1 is 1.43 bits per heavy atom. The monoisotopic (exact) mass is 194 g/mol. The van der Waals surface area contributed by atoms with Gasteiger partial charge in [0.05, 0.1) is 11.0 Å². The first-order valence-electron chi connectivity index (χ1n) is 4.48. The zero-order valence-corrected chi connectivity index (χ0v) is 8.13. The van der Waals surface area contributed by atoms with Crippen molar-refractivity contribution in [3.8, 4) is 5.75 Å². The minimum Gasteiger partial charge on any atom is -0.492 e. The molecule has 0 N–H and O–H groups in total. The number of carbonyl (C=O) groups excluding carboxylic acids is 1. The highest BCUT2D eigenvalue weighted by Gasteiger charge is 2.35. The lowest BCUT2D eigenvalue weighted by molar-refractivity contribution is 0.0691. The number of rotatable bonds is 0. The Labute approximate surface area is 81.7 Å². The second-order valence-corrected chi connectivity index (χ2v) is 4.14. The van der Waals surface area contributed by atoms with E-state index >= 15 is 0 Å². The molecule has 0 atom stereocenters. The van der Waals surface area contributed by atoms with E-state index in [1.54, 1.807) is 13.8 Å². The maximum absolute atomic E-state index is 12.9. The molecule has 2 nitrogen and oxygen atoms in total. The fourth-order valence-corrected chi connectivity index (χ4v) is 1.49. The highest BCUT2D eigenvalue weighted by Crippen LogP contribution is 2.34. The third-order valence-electron chi connectivity index (χ3n) is 2.39. The normalized spacial score (nSPS) is 18.6. The van der Waals surface area contributed by atoms with Gasteiger partial charge in [0.15, 0.2) is 5.78 Å². The number of hydrogen-bond acceptors (Lipinski definition) is 2. The number of benzene rings is 1. The summed E-state index contributed by atoms with van der Waals surface area (Å²) in [6.45, 7) is 3.94. The summed E-state index contributed by atoms with van der Waals surface area (Å²) in [5, 5.41) is 0. The van der Waals surface area contributed by atoms with Crippen LogP contribution in [-0.4, -0.2) is 12.4 Å². The van der Waals surface area contributed by atoms with E-state index in [4.69, 9.17) is 4.74 Å². The molecule has 0 aliphatic carbocycles. The molecule has 0 saturated carbocycles. The topological polar surface area (TPSA) is 26.3 Å². The van der Waals surface area contributed by atoms with E-state index in [2.05, 4.69) is 0 Å². The molecule has 0 aromatic heterocycles. The van der Waals surface area contributed by atoms with Gasteiger partial charge in [-0.2, -0.15) is 0 Å². The van der Waals surface area contributed by atoms with E-state index in [-0.39, 0.29) is 5.78 Å². The molecular weight excluding hydrogens is 183 g/mol. The fraction of sp³-hybridized carbons (Fsp3) is 0.364. The first-order chi connectivity index (χ1) is 6.50. The molecule has 0 spiro atoms. The lowest BCUT2D eigenvalue weighted by Gasteiger charge is -2.29.